The topological polar surface area (TPSA) is 9.23 Å². The standard InChI is InChI=1S/C31H19ClO/c32-29-12-6-14-31-28(29)18-27-20(11-5-13-30(27)33-31)19-15-16-25-23-9-2-1-7-21(23)22-8-3-4-10-24(22)26(25)17-19/h1-17H,18H2. The highest BCUT2D eigenvalue weighted by molar-refractivity contribution is 6.31. The third kappa shape index (κ3) is 2.79. The molecule has 0 fully saturated rings. The van der Waals surface area contributed by atoms with E-state index in [9.17, 15) is 0 Å². The summed E-state index contributed by atoms with van der Waals surface area (Å²) in [5.74, 6) is 1.76. The van der Waals surface area contributed by atoms with Gasteiger partial charge in [-0.3, -0.25) is 0 Å². The van der Waals surface area contributed by atoms with Gasteiger partial charge in [-0.1, -0.05) is 90.5 Å². The number of hydrogen-bond donors (Lipinski definition) is 0. The maximum Gasteiger partial charge on any atom is 0.132 e. The van der Waals surface area contributed by atoms with Crippen molar-refractivity contribution in [3.05, 3.63) is 119 Å². The Morgan fingerprint density at radius 3 is 1.79 bits per heavy atom. The van der Waals surface area contributed by atoms with Crippen molar-refractivity contribution in [1.82, 2.24) is 0 Å². The Kier molecular flexibility index (Phi) is 4.03. The molecule has 7 rings (SSSR count). The van der Waals surface area contributed by atoms with E-state index >= 15 is 0 Å². The number of ether oxygens (including phenoxy) is 1. The number of halogens is 1. The molecule has 0 unspecified atom stereocenters. The quantitative estimate of drug-likeness (QED) is 0.230. The normalized spacial score (nSPS) is 12.5. The molecule has 0 aliphatic carbocycles. The third-order valence-electron chi connectivity index (χ3n) is 6.84. The highest BCUT2D eigenvalue weighted by Gasteiger charge is 2.22. The molecule has 2 heteroatoms. The zero-order valence-corrected chi connectivity index (χ0v) is 18.6. The fraction of sp³-hybridized carbons (Fsp3) is 0.0323. The van der Waals surface area contributed by atoms with E-state index < -0.39 is 0 Å². The molecule has 0 saturated carbocycles. The zero-order chi connectivity index (χ0) is 21.9. The number of hydrogen-bond acceptors (Lipinski definition) is 1. The Hall–Kier alpha value is -3.81. The molecule has 156 valence electrons. The van der Waals surface area contributed by atoms with Gasteiger partial charge in [-0.15, -0.1) is 0 Å². The average molecular weight is 443 g/mol. The molecule has 33 heavy (non-hydrogen) atoms. The first-order chi connectivity index (χ1) is 16.3. The summed E-state index contributed by atoms with van der Waals surface area (Å²) in [6.45, 7) is 0. The van der Waals surface area contributed by atoms with Gasteiger partial charge < -0.3 is 4.74 Å². The molecule has 1 aliphatic rings. The van der Waals surface area contributed by atoms with Gasteiger partial charge >= 0.3 is 0 Å². The lowest BCUT2D eigenvalue weighted by molar-refractivity contribution is 0.460. The number of fused-ring (bicyclic) bond motifs is 8. The first-order valence-electron chi connectivity index (χ1n) is 11.2. The largest absolute Gasteiger partial charge is 0.457 e. The summed E-state index contributed by atoms with van der Waals surface area (Å²) >= 11 is 6.53. The minimum absolute atomic E-state index is 0.754. The fourth-order valence-electron chi connectivity index (χ4n) is 5.29. The molecule has 0 atom stereocenters. The first kappa shape index (κ1) is 18.7. The van der Waals surface area contributed by atoms with Gasteiger partial charge in [-0.25, -0.2) is 0 Å². The Morgan fingerprint density at radius 2 is 1.09 bits per heavy atom. The molecule has 1 aliphatic heterocycles. The van der Waals surface area contributed by atoms with Gasteiger partial charge in [0.2, 0.25) is 0 Å². The maximum atomic E-state index is 6.53. The van der Waals surface area contributed by atoms with E-state index in [-0.39, 0.29) is 0 Å². The van der Waals surface area contributed by atoms with E-state index in [1.165, 1.54) is 49.0 Å². The molecule has 6 aromatic carbocycles. The van der Waals surface area contributed by atoms with Crippen molar-refractivity contribution in [3.8, 4) is 22.6 Å². The van der Waals surface area contributed by atoms with Gasteiger partial charge in [-0.05, 0) is 67.7 Å². The van der Waals surface area contributed by atoms with E-state index in [0.29, 0.717) is 0 Å². The van der Waals surface area contributed by atoms with Gasteiger partial charge in [0.05, 0.1) is 0 Å². The molecule has 1 heterocycles. The monoisotopic (exact) mass is 442 g/mol. The van der Waals surface area contributed by atoms with E-state index in [4.69, 9.17) is 16.3 Å². The zero-order valence-electron chi connectivity index (χ0n) is 17.8. The van der Waals surface area contributed by atoms with Crippen LogP contribution in [0.3, 0.4) is 0 Å². The van der Waals surface area contributed by atoms with Crippen molar-refractivity contribution >= 4 is 43.9 Å². The second-order valence-electron chi connectivity index (χ2n) is 8.63. The summed E-state index contributed by atoms with van der Waals surface area (Å²) < 4.78 is 6.25. The van der Waals surface area contributed by atoms with Crippen LogP contribution in [-0.4, -0.2) is 0 Å². The lowest BCUT2D eigenvalue weighted by Crippen LogP contribution is -2.05. The van der Waals surface area contributed by atoms with Gasteiger partial charge in [0, 0.05) is 22.6 Å². The van der Waals surface area contributed by atoms with Crippen molar-refractivity contribution < 1.29 is 4.74 Å². The second kappa shape index (κ2) is 7.10. The predicted molar refractivity (Wildman–Crippen MR) is 139 cm³/mol. The van der Waals surface area contributed by atoms with Crippen molar-refractivity contribution in [2.75, 3.05) is 0 Å². The summed E-state index contributed by atoms with van der Waals surface area (Å²) in [7, 11) is 0. The molecule has 0 radical (unpaired) electrons. The predicted octanol–water partition coefficient (Wildman–Crippen LogP) is 9.16. The van der Waals surface area contributed by atoms with Gasteiger partial charge in [-0.2, -0.15) is 0 Å². The van der Waals surface area contributed by atoms with E-state index in [0.717, 1.165) is 28.5 Å². The highest BCUT2D eigenvalue weighted by Crippen LogP contribution is 2.44. The summed E-state index contributed by atoms with van der Waals surface area (Å²) in [5, 5.41) is 8.46. The Bertz CT molecular complexity index is 1700. The molecule has 0 spiro atoms. The van der Waals surface area contributed by atoms with Crippen LogP contribution in [0.15, 0.2) is 103 Å². The second-order valence-corrected chi connectivity index (χ2v) is 9.04. The van der Waals surface area contributed by atoms with Crippen LogP contribution in [0, 0.1) is 0 Å². The number of benzene rings is 6. The molecule has 0 N–H and O–H groups in total. The molecule has 1 nitrogen and oxygen atoms in total. The summed E-state index contributed by atoms with van der Waals surface area (Å²) in [4.78, 5) is 0. The molecular formula is C31H19ClO. The van der Waals surface area contributed by atoms with Crippen LogP contribution in [0.1, 0.15) is 11.1 Å². The van der Waals surface area contributed by atoms with E-state index in [1.54, 1.807) is 0 Å². The van der Waals surface area contributed by atoms with Crippen LogP contribution in [0.5, 0.6) is 11.5 Å². The minimum Gasteiger partial charge on any atom is -0.457 e. The van der Waals surface area contributed by atoms with Crippen LogP contribution < -0.4 is 4.74 Å². The number of rotatable bonds is 1. The van der Waals surface area contributed by atoms with Crippen molar-refractivity contribution in [3.63, 3.8) is 0 Å². The molecule has 0 amide bonds. The van der Waals surface area contributed by atoms with Crippen LogP contribution in [0.25, 0.3) is 43.4 Å². The minimum atomic E-state index is 0.754. The smallest absolute Gasteiger partial charge is 0.132 e. The van der Waals surface area contributed by atoms with Gasteiger partial charge in [0.15, 0.2) is 0 Å². The first-order valence-corrected chi connectivity index (χ1v) is 11.6. The lowest BCUT2D eigenvalue weighted by atomic mass is 9.89. The molecule has 0 bridgehead atoms. The Balaban J connectivity index is 1.49. The summed E-state index contributed by atoms with van der Waals surface area (Å²) in [5.41, 5.74) is 4.62. The average Bonchev–Trinajstić information content (AvgIpc) is 2.87. The van der Waals surface area contributed by atoms with Crippen LogP contribution >= 0.6 is 11.6 Å². The van der Waals surface area contributed by atoms with Gasteiger partial charge in [0.1, 0.15) is 11.5 Å². The summed E-state index contributed by atoms with van der Waals surface area (Å²) in [6, 6.07) is 36.4. The maximum absolute atomic E-state index is 6.53. The van der Waals surface area contributed by atoms with Crippen molar-refractivity contribution in [2.24, 2.45) is 0 Å². The van der Waals surface area contributed by atoms with Crippen molar-refractivity contribution in [2.45, 2.75) is 6.42 Å². The van der Waals surface area contributed by atoms with E-state index in [1.807, 2.05) is 24.3 Å². The lowest BCUT2D eigenvalue weighted by Gasteiger charge is -2.23. The third-order valence-corrected chi connectivity index (χ3v) is 7.19. The molecular weight excluding hydrogens is 424 g/mol. The van der Waals surface area contributed by atoms with Crippen molar-refractivity contribution in [1.29, 1.82) is 0 Å². The molecule has 0 saturated heterocycles. The Labute approximate surface area is 196 Å². The van der Waals surface area contributed by atoms with Crippen LogP contribution in [0.2, 0.25) is 5.02 Å². The fourth-order valence-corrected chi connectivity index (χ4v) is 5.52. The Morgan fingerprint density at radius 1 is 0.515 bits per heavy atom. The molecule has 0 aromatic heterocycles. The van der Waals surface area contributed by atoms with Crippen LogP contribution in [0.4, 0.5) is 0 Å². The SMILES string of the molecule is Clc1cccc2c1Cc1c(cccc1-c1ccc3c4ccccc4c4ccccc4c3c1)O2. The van der Waals surface area contributed by atoms with E-state index in [2.05, 4.69) is 78.9 Å². The summed E-state index contributed by atoms with van der Waals surface area (Å²) in [6.07, 6.45) is 0.761. The molecule has 6 aromatic rings. The highest BCUT2D eigenvalue weighted by atomic mass is 35.5. The van der Waals surface area contributed by atoms with Gasteiger partial charge in [0.25, 0.3) is 0 Å². The van der Waals surface area contributed by atoms with Crippen LogP contribution in [-0.2, 0) is 6.42 Å².